The van der Waals surface area contributed by atoms with E-state index in [1.54, 1.807) is 6.08 Å². The predicted octanol–water partition coefficient (Wildman–Crippen LogP) is 4.93. The molecule has 184 valence electrons. The van der Waals surface area contributed by atoms with Crippen LogP contribution in [0.3, 0.4) is 0 Å². The number of hydrogen-bond acceptors (Lipinski definition) is 4. The first-order chi connectivity index (χ1) is 16.8. The Bertz CT molecular complexity index is 1100. The van der Waals surface area contributed by atoms with Gasteiger partial charge in [-0.15, -0.1) is 0 Å². The summed E-state index contributed by atoms with van der Waals surface area (Å²) in [5.41, 5.74) is 2.35. The molecule has 1 atom stereocenters. The zero-order valence-corrected chi connectivity index (χ0v) is 20.6. The van der Waals surface area contributed by atoms with Crippen LogP contribution in [0.15, 0.2) is 102 Å². The smallest absolute Gasteiger partial charge is 0.404 e. The molecule has 0 aliphatic heterocycles. The van der Waals surface area contributed by atoms with E-state index in [1.807, 2.05) is 54.6 Å². The van der Waals surface area contributed by atoms with Crippen LogP contribution >= 0.6 is 0 Å². The largest absolute Gasteiger partial charge is 0.465 e. The van der Waals surface area contributed by atoms with Gasteiger partial charge in [-0.1, -0.05) is 97.1 Å². The van der Waals surface area contributed by atoms with Crippen LogP contribution in [0.4, 0.5) is 4.79 Å². The molecule has 0 aliphatic carbocycles. The number of unbranched alkanes of at least 4 members (excludes halogenated alkanes) is 1. The highest BCUT2D eigenvalue weighted by Gasteiger charge is 2.37. The fourth-order valence-corrected chi connectivity index (χ4v) is 4.71. The van der Waals surface area contributed by atoms with Crippen LogP contribution in [0, 0.1) is 0 Å². The van der Waals surface area contributed by atoms with Gasteiger partial charge in [-0.05, 0) is 36.0 Å². The molecule has 3 N–H and O–H groups in total. The summed E-state index contributed by atoms with van der Waals surface area (Å²) in [6.07, 6.45) is 3.81. The van der Waals surface area contributed by atoms with E-state index in [2.05, 4.69) is 47.0 Å². The molecule has 0 heterocycles. The molecule has 1 unspecified atom stereocenters. The third-order valence-corrected chi connectivity index (χ3v) is 6.45. The summed E-state index contributed by atoms with van der Waals surface area (Å²) in [6, 6.07) is 30.0. The van der Waals surface area contributed by atoms with Gasteiger partial charge in [-0.3, -0.25) is 5.32 Å². The van der Waals surface area contributed by atoms with Crippen molar-refractivity contribution in [2.45, 2.75) is 30.8 Å². The SMILES string of the molecule is CS(=O)(=O)C=CC(CCCCNC(=O)O)NC(c1ccccc1)(c1ccccc1)c1ccccc1. The molecule has 6 nitrogen and oxygen atoms in total. The summed E-state index contributed by atoms with van der Waals surface area (Å²) in [7, 11) is -3.33. The highest BCUT2D eigenvalue weighted by atomic mass is 32.2. The number of nitrogens with one attached hydrogen (secondary N) is 2. The van der Waals surface area contributed by atoms with Crippen molar-refractivity contribution in [2.24, 2.45) is 0 Å². The number of carboxylic acid groups (broad SMARTS) is 1. The molecule has 1 amide bonds. The highest BCUT2D eigenvalue weighted by Crippen LogP contribution is 2.37. The Hall–Kier alpha value is -3.42. The number of rotatable bonds is 12. The van der Waals surface area contributed by atoms with Crippen LogP contribution in [-0.4, -0.2) is 38.5 Å². The summed E-state index contributed by atoms with van der Waals surface area (Å²) in [5, 5.41) is 16.3. The molecular formula is C28H32N2O4S. The van der Waals surface area contributed by atoms with E-state index in [0.717, 1.165) is 16.7 Å². The van der Waals surface area contributed by atoms with Crippen LogP contribution in [-0.2, 0) is 15.4 Å². The molecule has 3 aromatic carbocycles. The second kappa shape index (κ2) is 12.3. The lowest BCUT2D eigenvalue weighted by atomic mass is 9.76. The van der Waals surface area contributed by atoms with Crippen LogP contribution in [0.1, 0.15) is 36.0 Å². The molecule has 0 spiro atoms. The average molecular weight is 493 g/mol. The molecule has 0 bridgehead atoms. The van der Waals surface area contributed by atoms with Crippen molar-refractivity contribution in [1.82, 2.24) is 10.6 Å². The number of benzene rings is 3. The first-order valence-electron chi connectivity index (χ1n) is 11.6. The van der Waals surface area contributed by atoms with Gasteiger partial charge < -0.3 is 10.4 Å². The minimum Gasteiger partial charge on any atom is -0.465 e. The van der Waals surface area contributed by atoms with Crippen molar-refractivity contribution in [3.63, 3.8) is 0 Å². The third-order valence-electron chi connectivity index (χ3n) is 5.80. The molecule has 0 saturated heterocycles. The number of sulfone groups is 1. The van der Waals surface area contributed by atoms with Gasteiger partial charge in [-0.25, -0.2) is 13.2 Å². The number of hydrogen-bond donors (Lipinski definition) is 3. The lowest BCUT2D eigenvalue weighted by molar-refractivity contribution is 0.194. The topological polar surface area (TPSA) is 95.5 Å². The van der Waals surface area contributed by atoms with Gasteiger partial charge in [0.1, 0.15) is 0 Å². The maximum Gasteiger partial charge on any atom is 0.404 e. The van der Waals surface area contributed by atoms with Gasteiger partial charge in [0.2, 0.25) is 0 Å². The summed E-state index contributed by atoms with van der Waals surface area (Å²) in [4.78, 5) is 10.8. The van der Waals surface area contributed by atoms with Crippen molar-refractivity contribution >= 4 is 15.9 Å². The summed E-state index contributed by atoms with van der Waals surface area (Å²) >= 11 is 0. The molecule has 7 heteroatoms. The van der Waals surface area contributed by atoms with E-state index in [0.29, 0.717) is 25.8 Å². The predicted molar refractivity (Wildman–Crippen MR) is 140 cm³/mol. The first kappa shape index (κ1) is 26.2. The van der Waals surface area contributed by atoms with E-state index < -0.39 is 21.5 Å². The second-order valence-corrected chi connectivity index (χ2v) is 10.4. The summed E-state index contributed by atoms with van der Waals surface area (Å²) in [5.74, 6) is 0. The first-order valence-corrected chi connectivity index (χ1v) is 13.6. The maximum absolute atomic E-state index is 12.0. The number of amides is 1. The molecule has 3 rings (SSSR count). The van der Waals surface area contributed by atoms with E-state index in [1.165, 1.54) is 11.7 Å². The Kier molecular flexibility index (Phi) is 9.23. The third kappa shape index (κ3) is 7.53. The lowest BCUT2D eigenvalue weighted by Gasteiger charge is -2.39. The average Bonchev–Trinajstić information content (AvgIpc) is 2.86. The zero-order chi connectivity index (χ0) is 25.2. The molecular weight excluding hydrogens is 460 g/mol. The fraction of sp³-hybridized carbons (Fsp3) is 0.250. The van der Waals surface area contributed by atoms with Crippen LogP contribution < -0.4 is 10.6 Å². The van der Waals surface area contributed by atoms with E-state index in [-0.39, 0.29) is 6.04 Å². The fourth-order valence-electron chi connectivity index (χ4n) is 4.23. The minimum absolute atomic E-state index is 0.296. The monoisotopic (exact) mass is 492 g/mol. The van der Waals surface area contributed by atoms with Gasteiger partial charge in [0.15, 0.2) is 9.84 Å². The van der Waals surface area contributed by atoms with Gasteiger partial charge in [0.05, 0.1) is 5.54 Å². The normalized spacial score (nSPS) is 12.9. The molecule has 0 radical (unpaired) electrons. The molecule has 35 heavy (non-hydrogen) atoms. The molecule has 0 fully saturated rings. The molecule has 3 aromatic rings. The lowest BCUT2D eigenvalue weighted by Crippen LogP contribution is -2.49. The Morgan fingerprint density at radius 2 is 1.31 bits per heavy atom. The molecule has 0 saturated carbocycles. The molecule has 0 aliphatic rings. The standard InChI is InChI=1S/C28H32N2O4S/c1-35(33,34)22-20-26(19-11-12-21-29-27(31)32)30-28(23-13-5-2-6-14-23,24-15-7-3-8-16-24)25-17-9-4-10-18-25/h2-10,13-18,20,22,26,29-30H,11-12,19,21H2,1H3,(H,31,32). The second-order valence-electron chi connectivity index (χ2n) is 8.48. The van der Waals surface area contributed by atoms with Crippen LogP contribution in [0.2, 0.25) is 0 Å². The Morgan fingerprint density at radius 3 is 1.71 bits per heavy atom. The van der Waals surface area contributed by atoms with Crippen molar-refractivity contribution in [3.8, 4) is 0 Å². The summed E-state index contributed by atoms with van der Waals surface area (Å²) < 4.78 is 23.9. The van der Waals surface area contributed by atoms with Crippen molar-refractivity contribution in [2.75, 3.05) is 12.8 Å². The Morgan fingerprint density at radius 1 is 0.857 bits per heavy atom. The van der Waals surface area contributed by atoms with E-state index >= 15 is 0 Å². The van der Waals surface area contributed by atoms with Crippen LogP contribution in [0.5, 0.6) is 0 Å². The summed E-state index contributed by atoms with van der Waals surface area (Å²) in [6.45, 7) is 0.346. The van der Waals surface area contributed by atoms with Gasteiger partial charge >= 0.3 is 6.09 Å². The van der Waals surface area contributed by atoms with Crippen molar-refractivity contribution < 1.29 is 18.3 Å². The minimum atomic E-state index is -3.33. The molecule has 0 aromatic heterocycles. The quantitative estimate of drug-likeness (QED) is 0.246. The highest BCUT2D eigenvalue weighted by molar-refractivity contribution is 7.93. The van der Waals surface area contributed by atoms with Crippen LogP contribution in [0.25, 0.3) is 0 Å². The van der Waals surface area contributed by atoms with E-state index in [9.17, 15) is 13.2 Å². The number of carbonyl (C=O) groups is 1. The van der Waals surface area contributed by atoms with E-state index in [4.69, 9.17) is 5.11 Å². The van der Waals surface area contributed by atoms with Gasteiger partial charge in [0.25, 0.3) is 0 Å². The van der Waals surface area contributed by atoms with Gasteiger partial charge in [0, 0.05) is 24.3 Å². The zero-order valence-electron chi connectivity index (χ0n) is 19.8. The maximum atomic E-state index is 12.0. The Labute approximate surface area is 207 Å². The Balaban J connectivity index is 2.07. The van der Waals surface area contributed by atoms with Crippen molar-refractivity contribution in [1.29, 1.82) is 0 Å². The van der Waals surface area contributed by atoms with Crippen molar-refractivity contribution in [3.05, 3.63) is 119 Å². The van der Waals surface area contributed by atoms with Gasteiger partial charge in [-0.2, -0.15) is 0 Å².